The van der Waals surface area contributed by atoms with Crippen molar-refractivity contribution in [3.63, 3.8) is 0 Å². The maximum Gasteiger partial charge on any atom is 0.225 e. The highest BCUT2D eigenvalue weighted by Crippen LogP contribution is 2.17. The summed E-state index contributed by atoms with van der Waals surface area (Å²) in [5.74, 6) is 0.393. The lowest BCUT2D eigenvalue weighted by molar-refractivity contribution is -0.116. The molecular weight excluding hydrogens is 356 g/mol. The third-order valence-corrected chi connectivity index (χ3v) is 5.88. The smallest absolute Gasteiger partial charge is 0.225 e. The minimum Gasteiger partial charge on any atom is -0.326 e. The van der Waals surface area contributed by atoms with E-state index in [0.717, 1.165) is 10.2 Å². The van der Waals surface area contributed by atoms with E-state index in [1.54, 1.807) is 0 Å². The Hall–Kier alpha value is -0.920. The second-order valence-electron chi connectivity index (χ2n) is 5.35. The fraction of sp³-hybridized carbons (Fsp3) is 0.500. The van der Waals surface area contributed by atoms with Crippen LogP contribution in [0.4, 0.5) is 5.69 Å². The SMILES string of the molecule is CN(CCC(=O)Nc1cccc(Br)c1)C1CCS(=O)(=O)C1. The van der Waals surface area contributed by atoms with Crippen LogP contribution in [0.5, 0.6) is 0 Å². The van der Waals surface area contributed by atoms with Gasteiger partial charge in [0.1, 0.15) is 0 Å². The van der Waals surface area contributed by atoms with Crippen LogP contribution in [0.25, 0.3) is 0 Å². The zero-order valence-electron chi connectivity index (χ0n) is 11.9. The zero-order valence-corrected chi connectivity index (χ0v) is 14.3. The Morgan fingerprint density at radius 3 is 2.86 bits per heavy atom. The summed E-state index contributed by atoms with van der Waals surface area (Å²) in [4.78, 5) is 13.9. The average molecular weight is 375 g/mol. The Bertz CT molecular complexity index is 618. The predicted octanol–water partition coefficient (Wildman–Crippen LogP) is 1.90. The van der Waals surface area contributed by atoms with Crippen LogP contribution in [0.1, 0.15) is 12.8 Å². The molecule has 21 heavy (non-hydrogen) atoms. The van der Waals surface area contributed by atoms with E-state index >= 15 is 0 Å². The highest BCUT2D eigenvalue weighted by Gasteiger charge is 2.30. The number of amides is 1. The highest BCUT2D eigenvalue weighted by atomic mass is 79.9. The first kappa shape index (κ1) is 16.5. The van der Waals surface area contributed by atoms with Crippen molar-refractivity contribution in [2.45, 2.75) is 18.9 Å². The lowest BCUT2D eigenvalue weighted by atomic mass is 10.2. The van der Waals surface area contributed by atoms with Crippen molar-refractivity contribution < 1.29 is 13.2 Å². The van der Waals surface area contributed by atoms with Gasteiger partial charge < -0.3 is 10.2 Å². The molecule has 0 saturated carbocycles. The average Bonchev–Trinajstić information content (AvgIpc) is 2.76. The predicted molar refractivity (Wildman–Crippen MR) is 87.1 cm³/mol. The molecule has 1 N–H and O–H groups in total. The Labute approximate surface area is 133 Å². The summed E-state index contributed by atoms with van der Waals surface area (Å²) in [7, 11) is -1.01. The van der Waals surface area contributed by atoms with Gasteiger partial charge in [-0.1, -0.05) is 22.0 Å². The molecular formula is C14H19BrN2O3S. The Balaban J connectivity index is 1.79. The third-order valence-electron chi connectivity index (χ3n) is 3.63. The number of carbonyl (C=O) groups is 1. The molecule has 1 aliphatic rings. The Morgan fingerprint density at radius 1 is 1.48 bits per heavy atom. The molecule has 5 nitrogen and oxygen atoms in total. The normalized spacial score (nSPS) is 20.6. The van der Waals surface area contributed by atoms with Gasteiger partial charge >= 0.3 is 0 Å². The summed E-state index contributed by atoms with van der Waals surface area (Å²) in [6, 6.07) is 7.45. The summed E-state index contributed by atoms with van der Waals surface area (Å²) in [5.41, 5.74) is 0.750. The van der Waals surface area contributed by atoms with Crippen molar-refractivity contribution in [2.75, 3.05) is 30.4 Å². The maximum absolute atomic E-state index is 11.9. The van der Waals surface area contributed by atoms with Crippen LogP contribution in [-0.2, 0) is 14.6 Å². The van der Waals surface area contributed by atoms with Crippen LogP contribution in [0.3, 0.4) is 0 Å². The lowest BCUT2D eigenvalue weighted by Crippen LogP contribution is -2.35. The van der Waals surface area contributed by atoms with Gasteiger partial charge in [-0.2, -0.15) is 0 Å². The number of nitrogens with zero attached hydrogens (tertiary/aromatic N) is 1. The van der Waals surface area contributed by atoms with Gasteiger partial charge in [0.25, 0.3) is 0 Å². The number of sulfone groups is 1. The van der Waals surface area contributed by atoms with Crippen molar-refractivity contribution in [3.8, 4) is 0 Å². The number of rotatable bonds is 5. The van der Waals surface area contributed by atoms with Crippen LogP contribution in [0.2, 0.25) is 0 Å². The monoisotopic (exact) mass is 374 g/mol. The van der Waals surface area contributed by atoms with Gasteiger partial charge in [0.2, 0.25) is 5.91 Å². The van der Waals surface area contributed by atoms with Crippen molar-refractivity contribution in [1.29, 1.82) is 0 Å². The summed E-state index contributed by atoms with van der Waals surface area (Å²) >= 11 is 3.35. The molecule has 1 aromatic rings. The maximum atomic E-state index is 11.9. The Kier molecular flexibility index (Phi) is 5.40. The van der Waals surface area contributed by atoms with E-state index in [2.05, 4.69) is 21.2 Å². The largest absolute Gasteiger partial charge is 0.326 e. The quantitative estimate of drug-likeness (QED) is 0.854. The van der Waals surface area contributed by atoms with Gasteiger partial charge in [-0.15, -0.1) is 0 Å². The van der Waals surface area contributed by atoms with Crippen molar-refractivity contribution in [3.05, 3.63) is 28.7 Å². The summed E-state index contributed by atoms with van der Waals surface area (Å²) in [5, 5.41) is 2.83. The van der Waals surface area contributed by atoms with Crippen molar-refractivity contribution >= 4 is 37.4 Å². The molecule has 1 saturated heterocycles. The second-order valence-corrected chi connectivity index (χ2v) is 8.49. The van der Waals surface area contributed by atoms with Gasteiger partial charge in [0.15, 0.2) is 9.84 Å². The van der Waals surface area contributed by atoms with Gasteiger partial charge in [-0.05, 0) is 31.7 Å². The van der Waals surface area contributed by atoms with Gasteiger partial charge in [0, 0.05) is 29.2 Å². The van der Waals surface area contributed by atoms with Crippen LogP contribution < -0.4 is 5.32 Å². The molecule has 7 heteroatoms. The van der Waals surface area contributed by atoms with Crippen molar-refractivity contribution in [1.82, 2.24) is 4.90 Å². The molecule has 1 atom stereocenters. The van der Waals surface area contributed by atoms with Gasteiger partial charge in [-0.25, -0.2) is 8.42 Å². The summed E-state index contributed by atoms with van der Waals surface area (Å²) in [6.45, 7) is 0.556. The molecule has 0 aromatic heterocycles. The van der Waals surface area contributed by atoms with E-state index in [1.807, 2.05) is 36.2 Å². The summed E-state index contributed by atoms with van der Waals surface area (Å²) < 4.78 is 23.8. The minimum absolute atomic E-state index is 0.0358. The number of nitrogens with one attached hydrogen (secondary N) is 1. The van der Waals surface area contributed by atoms with Gasteiger partial charge in [-0.3, -0.25) is 4.79 Å². The number of carbonyl (C=O) groups excluding carboxylic acids is 1. The molecule has 116 valence electrons. The van der Waals surface area contributed by atoms with Crippen molar-refractivity contribution in [2.24, 2.45) is 0 Å². The van der Waals surface area contributed by atoms with E-state index in [0.29, 0.717) is 19.4 Å². The van der Waals surface area contributed by atoms with E-state index in [4.69, 9.17) is 0 Å². The molecule has 1 amide bonds. The third kappa shape index (κ3) is 5.09. The fourth-order valence-corrected chi connectivity index (χ4v) is 4.58. The molecule has 1 unspecified atom stereocenters. The van der Waals surface area contributed by atoms with Crippen LogP contribution in [-0.4, -0.2) is 50.4 Å². The molecule has 0 radical (unpaired) electrons. The topological polar surface area (TPSA) is 66.5 Å². The first-order chi connectivity index (χ1) is 9.85. The first-order valence-corrected chi connectivity index (χ1v) is 9.43. The minimum atomic E-state index is -2.88. The molecule has 1 aliphatic heterocycles. The number of halogens is 1. The molecule has 1 heterocycles. The standard InChI is InChI=1S/C14H19BrN2O3S/c1-17(13-6-8-21(19,20)10-13)7-5-14(18)16-12-4-2-3-11(15)9-12/h2-4,9,13H,5-8,10H2,1H3,(H,16,18). The molecule has 0 bridgehead atoms. The highest BCUT2D eigenvalue weighted by molar-refractivity contribution is 9.10. The fourth-order valence-electron chi connectivity index (χ4n) is 2.37. The van der Waals surface area contributed by atoms with E-state index < -0.39 is 9.84 Å². The van der Waals surface area contributed by atoms with Crippen LogP contribution in [0, 0.1) is 0 Å². The molecule has 0 spiro atoms. The van der Waals surface area contributed by atoms with Gasteiger partial charge in [0.05, 0.1) is 11.5 Å². The molecule has 1 fully saturated rings. The summed E-state index contributed by atoms with van der Waals surface area (Å²) in [6.07, 6.45) is 1.01. The molecule has 0 aliphatic carbocycles. The number of benzene rings is 1. The van der Waals surface area contributed by atoms with Crippen LogP contribution in [0.15, 0.2) is 28.7 Å². The van der Waals surface area contributed by atoms with E-state index in [9.17, 15) is 13.2 Å². The number of hydrogen-bond acceptors (Lipinski definition) is 4. The number of anilines is 1. The first-order valence-electron chi connectivity index (χ1n) is 6.82. The molecule has 1 aromatic carbocycles. The van der Waals surface area contributed by atoms with E-state index in [1.165, 1.54) is 0 Å². The van der Waals surface area contributed by atoms with E-state index in [-0.39, 0.29) is 23.5 Å². The second kappa shape index (κ2) is 6.89. The lowest BCUT2D eigenvalue weighted by Gasteiger charge is -2.22. The zero-order chi connectivity index (χ0) is 15.5. The number of hydrogen-bond donors (Lipinski definition) is 1. The Morgan fingerprint density at radius 2 is 2.24 bits per heavy atom. The molecule has 2 rings (SSSR count). The van der Waals surface area contributed by atoms with Crippen LogP contribution >= 0.6 is 15.9 Å².